The number of ether oxygens (including phenoxy) is 1. The molecule has 0 fully saturated rings. The molecule has 0 saturated carbocycles. The number of amides is 1. The predicted molar refractivity (Wildman–Crippen MR) is 108 cm³/mol. The van der Waals surface area contributed by atoms with Gasteiger partial charge in [0.25, 0.3) is 0 Å². The van der Waals surface area contributed by atoms with Crippen molar-refractivity contribution in [3.05, 3.63) is 35.4 Å². The SMILES string of the molecule is C[N+](C)(C)C[C@@H](CC(=O)[O-])NC(=O)CCCCCCCOCc1ccc(F)cc1F. The number of aliphatic carboxylic acids is 1. The zero-order valence-corrected chi connectivity index (χ0v) is 18.2. The minimum Gasteiger partial charge on any atom is -0.550 e. The van der Waals surface area contributed by atoms with Gasteiger partial charge in [0, 0.05) is 37.0 Å². The molecule has 1 amide bonds. The zero-order valence-electron chi connectivity index (χ0n) is 18.2. The van der Waals surface area contributed by atoms with Crippen molar-refractivity contribution in [2.75, 3.05) is 34.3 Å². The molecule has 0 radical (unpaired) electrons. The van der Waals surface area contributed by atoms with Crippen LogP contribution in [-0.2, 0) is 20.9 Å². The lowest BCUT2D eigenvalue weighted by atomic mass is 10.1. The van der Waals surface area contributed by atoms with Crippen molar-refractivity contribution in [3.63, 3.8) is 0 Å². The fourth-order valence-electron chi connectivity index (χ4n) is 3.16. The van der Waals surface area contributed by atoms with Gasteiger partial charge < -0.3 is 24.4 Å². The van der Waals surface area contributed by atoms with E-state index in [1.807, 2.05) is 21.1 Å². The highest BCUT2D eigenvalue weighted by Crippen LogP contribution is 2.12. The van der Waals surface area contributed by atoms with Gasteiger partial charge in [0.1, 0.15) is 11.6 Å². The number of rotatable bonds is 15. The van der Waals surface area contributed by atoms with Crippen LogP contribution in [0.25, 0.3) is 0 Å². The summed E-state index contributed by atoms with van der Waals surface area (Å²) >= 11 is 0. The van der Waals surface area contributed by atoms with Crippen LogP contribution in [0.4, 0.5) is 8.78 Å². The van der Waals surface area contributed by atoms with Gasteiger partial charge in [-0.05, 0) is 18.9 Å². The van der Waals surface area contributed by atoms with E-state index in [4.69, 9.17) is 4.74 Å². The topological polar surface area (TPSA) is 78.5 Å². The number of likely N-dealkylation sites (N-methyl/N-ethyl adjacent to an activating group) is 1. The van der Waals surface area contributed by atoms with Crippen LogP contribution in [-0.4, -0.2) is 56.7 Å². The Balaban J connectivity index is 2.10. The number of unbranched alkanes of at least 4 members (excludes halogenated alkanes) is 4. The molecular weight excluding hydrogens is 394 g/mol. The molecule has 30 heavy (non-hydrogen) atoms. The molecule has 6 nitrogen and oxygen atoms in total. The van der Waals surface area contributed by atoms with Crippen LogP contribution in [0.2, 0.25) is 0 Å². The van der Waals surface area contributed by atoms with Gasteiger partial charge in [0.2, 0.25) is 5.91 Å². The molecule has 0 heterocycles. The number of nitrogens with zero attached hydrogens (tertiary/aromatic N) is 1. The Bertz CT molecular complexity index is 678. The lowest BCUT2D eigenvalue weighted by Crippen LogP contribution is -2.50. The van der Waals surface area contributed by atoms with Crippen molar-refractivity contribution in [2.45, 2.75) is 57.6 Å². The lowest BCUT2D eigenvalue weighted by molar-refractivity contribution is -0.871. The normalized spacial score (nSPS) is 12.6. The summed E-state index contributed by atoms with van der Waals surface area (Å²) in [6, 6.07) is 3.00. The van der Waals surface area contributed by atoms with Crippen LogP contribution in [0.5, 0.6) is 0 Å². The summed E-state index contributed by atoms with van der Waals surface area (Å²) in [6.07, 6.45) is 4.50. The molecule has 1 aromatic carbocycles. The van der Waals surface area contributed by atoms with Gasteiger partial charge >= 0.3 is 0 Å². The Morgan fingerprint density at radius 3 is 2.40 bits per heavy atom. The molecule has 1 N–H and O–H groups in total. The van der Waals surface area contributed by atoms with Gasteiger partial charge in [-0.2, -0.15) is 0 Å². The number of hydrogen-bond donors (Lipinski definition) is 1. The minimum atomic E-state index is -1.17. The number of carbonyl (C=O) groups excluding carboxylic acids is 2. The summed E-state index contributed by atoms with van der Waals surface area (Å²) in [5.74, 6) is -2.51. The average Bonchev–Trinajstić information content (AvgIpc) is 2.59. The largest absolute Gasteiger partial charge is 0.550 e. The first-order chi connectivity index (χ1) is 14.1. The molecule has 0 saturated heterocycles. The number of benzene rings is 1. The van der Waals surface area contributed by atoms with E-state index in [0.29, 0.717) is 29.6 Å². The Labute approximate surface area is 177 Å². The third-order valence-corrected chi connectivity index (χ3v) is 4.51. The summed E-state index contributed by atoms with van der Waals surface area (Å²) in [5.41, 5.74) is 0.338. The fraction of sp³-hybridized carbons (Fsp3) is 0.636. The summed E-state index contributed by atoms with van der Waals surface area (Å²) in [6.45, 7) is 1.13. The zero-order chi connectivity index (χ0) is 22.6. The smallest absolute Gasteiger partial charge is 0.220 e. The highest BCUT2D eigenvalue weighted by atomic mass is 19.1. The number of carboxylic acid groups (broad SMARTS) is 1. The van der Waals surface area contributed by atoms with E-state index in [9.17, 15) is 23.5 Å². The Kier molecular flexibility index (Phi) is 11.5. The van der Waals surface area contributed by atoms with Crippen molar-refractivity contribution in [1.29, 1.82) is 0 Å². The number of carbonyl (C=O) groups is 2. The first-order valence-corrected chi connectivity index (χ1v) is 10.4. The van der Waals surface area contributed by atoms with Crippen molar-refractivity contribution < 1.29 is 32.7 Å². The molecule has 1 aromatic rings. The van der Waals surface area contributed by atoms with E-state index < -0.39 is 23.6 Å². The quantitative estimate of drug-likeness (QED) is 0.343. The molecule has 8 heteroatoms. The molecule has 0 aliphatic carbocycles. The standard InChI is InChI=1S/C22H34F2N2O4/c1-26(2,3)15-19(14-22(28)29)25-21(27)9-7-5-4-6-8-12-30-16-17-10-11-18(23)13-20(17)24/h10-11,13,19H,4-9,12,14-16H2,1-3H3,(H-,25,27,28,29)/t19-/m1/s1. The Hall–Kier alpha value is -2.06. The molecule has 0 bridgehead atoms. The molecule has 0 unspecified atom stereocenters. The molecule has 1 atom stereocenters. The minimum absolute atomic E-state index is 0.118. The molecule has 0 aliphatic rings. The molecule has 0 spiro atoms. The van der Waals surface area contributed by atoms with Crippen molar-refractivity contribution in [3.8, 4) is 0 Å². The fourth-order valence-corrected chi connectivity index (χ4v) is 3.16. The van der Waals surface area contributed by atoms with Crippen molar-refractivity contribution >= 4 is 11.9 Å². The van der Waals surface area contributed by atoms with Gasteiger partial charge in [0.15, 0.2) is 0 Å². The van der Waals surface area contributed by atoms with Crippen LogP contribution in [0.15, 0.2) is 18.2 Å². The number of halogens is 2. The van der Waals surface area contributed by atoms with E-state index in [1.165, 1.54) is 12.1 Å². The highest BCUT2D eigenvalue weighted by molar-refractivity contribution is 5.77. The van der Waals surface area contributed by atoms with E-state index in [2.05, 4.69) is 5.32 Å². The molecule has 0 aromatic heterocycles. The lowest BCUT2D eigenvalue weighted by Gasteiger charge is -2.30. The first kappa shape index (κ1) is 26.0. The molecule has 0 aliphatic heterocycles. The van der Waals surface area contributed by atoms with Crippen LogP contribution in [0.3, 0.4) is 0 Å². The molecule has 1 rings (SSSR count). The van der Waals surface area contributed by atoms with Crippen molar-refractivity contribution in [1.82, 2.24) is 5.32 Å². The maximum atomic E-state index is 13.5. The summed E-state index contributed by atoms with van der Waals surface area (Å²) < 4.78 is 32.3. The summed E-state index contributed by atoms with van der Waals surface area (Å²) in [7, 11) is 5.82. The maximum absolute atomic E-state index is 13.5. The maximum Gasteiger partial charge on any atom is 0.220 e. The van der Waals surface area contributed by atoms with Crippen LogP contribution in [0.1, 0.15) is 50.5 Å². The highest BCUT2D eigenvalue weighted by Gasteiger charge is 2.20. The Morgan fingerprint density at radius 1 is 1.10 bits per heavy atom. The number of quaternary nitrogens is 1. The van der Waals surface area contributed by atoms with E-state index in [0.717, 1.165) is 38.2 Å². The third-order valence-electron chi connectivity index (χ3n) is 4.51. The molecule has 170 valence electrons. The summed E-state index contributed by atoms with van der Waals surface area (Å²) in [5, 5.41) is 13.7. The van der Waals surface area contributed by atoms with Gasteiger partial charge in [-0.15, -0.1) is 0 Å². The predicted octanol–water partition coefficient (Wildman–Crippen LogP) is 2.15. The van der Waals surface area contributed by atoms with Crippen LogP contribution in [0, 0.1) is 11.6 Å². The number of carboxylic acids is 1. The summed E-state index contributed by atoms with van der Waals surface area (Å²) in [4.78, 5) is 23.0. The number of hydrogen-bond acceptors (Lipinski definition) is 4. The second-order valence-electron chi connectivity index (χ2n) is 8.62. The number of nitrogens with one attached hydrogen (secondary N) is 1. The van der Waals surface area contributed by atoms with Crippen LogP contribution < -0.4 is 10.4 Å². The van der Waals surface area contributed by atoms with Crippen LogP contribution >= 0.6 is 0 Å². The Morgan fingerprint density at radius 2 is 1.77 bits per heavy atom. The first-order valence-electron chi connectivity index (χ1n) is 10.4. The van der Waals surface area contributed by atoms with Gasteiger partial charge in [0.05, 0.1) is 40.3 Å². The van der Waals surface area contributed by atoms with Crippen molar-refractivity contribution in [2.24, 2.45) is 0 Å². The second kappa shape index (κ2) is 13.3. The molecular formula is C22H34F2N2O4. The second-order valence-corrected chi connectivity index (χ2v) is 8.62. The van der Waals surface area contributed by atoms with Gasteiger partial charge in [-0.1, -0.05) is 25.3 Å². The van der Waals surface area contributed by atoms with E-state index >= 15 is 0 Å². The monoisotopic (exact) mass is 428 g/mol. The van der Waals surface area contributed by atoms with E-state index in [1.54, 1.807) is 0 Å². The third kappa shape index (κ3) is 12.5. The average molecular weight is 429 g/mol. The van der Waals surface area contributed by atoms with E-state index in [-0.39, 0.29) is 18.9 Å². The van der Waals surface area contributed by atoms with Gasteiger partial charge in [-0.25, -0.2) is 8.78 Å². The van der Waals surface area contributed by atoms with Gasteiger partial charge in [-0.3, -0.25) is 4.79 Å².